The van der Waals surface area contributed by atoms with Crippen molar-refractivity contribution in [1.82, 2.24) is 15.5 Å². The van der Waals surface area contributed by atoms with Gasteiger partial charge in [0.1, 0.15) is 5.82 Å². The lowest BCUT2D eigenvalue weighted by Gasteiger charge is -2.29. The van der Waals surface area contributed by atoms with Crippen LogP contribution in [0.15, 0.2) is 18.2 Å². The van der Waals surface area contributed by atoms with E-state index in [2.05, 4.69) is 21.5 Å². The summed E-state index contributed by atoms with van der Waals surface area (Å²) < 4.78 is 13.5. The number of halogens is 1. The molecule has 1 aliphatic heterocycles. The number of rotatable bonds is 6. The molecule has 5 nitrogen and oxygen atoms in total. The molecule has 0 spiro atoms. The predicted molar refractivity (Wildman–Crippen MR) is 94.5 cm³/mol. The largest absolute Gasteiger partial charge is 0.354 e. The molecule has 25 heavy (non-hydrogen) atoms. The second-order valence-corrected chi connectivity index (χ2v) is 6.27. The van der Waals surface area contributed by atoms with E-state index in [-0.39, 0.29) is 23.3 Å². The Kier molecular flexibility index (Phi) is 6.96. The van der Waals surface area contributed by atoms with Gasteiger partial charge in [-0.25, -0.2) is 4.39 Å². The van der Waals surface area contributed by atoms with E-state index >= 15 is 0 Å². The van der Waals surface area contributed by atoms with E-state index in [0.717, 1.165) is 25.9 Å². The SMILES string of the molecule is C#CCN1CCC(C(=O)NCCNC(=O)c2ccc(C)c(F)c2)CC1. The zero-order valence-electron chi connectivity index (χ0n) is 14.5. The maximum atomic E-state index is 13.5. The second-order valence-electron chi connectivity index (χ2n) is 6.27. The average Bonchev–Trinajstić information content (AvgIpc) is 2.61. The molecule has 0 aromatic heterocycles. The molecule has 1 heterocycles. The molecule has 1 saturated heterocycles. The normalized spacial score (nSPS) is 15.4. The van der Waals surface area contributed by atoms with Gasteiger partial charge in [0.15, 0.2) is 0 Å². The molecule has 2 N–H and O–H groups in total. The number of nitrogens with zero attached hydrogens (tertiary/aromatic N) is 1. The van der Waals surface area contributed by atoms with Gasteiger partial charge in [0.2, 0.25) is 5.91 Å². The molecule has 134 valence electrons. The maximum absolute atomic E-state index is 13.5. The highest BCUT2D eigenvalue weighted by atomic mass is 19.1. The molecule has 1 aromatic carbocycles. The first-order valence-electron chi connectivity index (χ1n) is 8.49. The zero-order valence-corrected chi connectivity index (χ0v) is 14.5. The second kappa shape index (κ2) is 9.19. The Morgan fingerprint density at radius 2 is 1.96 bits per heavy atom. The van der Waals surface area contributed by atoms with E-state index in [9.17, 15) is 14.0 Å². The van der Waals surface area contributed by atoms with Crippen molar-refractivity contribution in [2.75, 3.05) is 32.7 Å². The number of piperidine rings is 1. The summed E-state index contributed by atoms with van der Waals surface area (Å²) in [5.41, 5.74) is 0.771. The lowest BCUT2D eigenvalue weighted by Crippen LogP contribution is -2.42. The minimum atomic E-state index is -0.405. The molecule has 0 saturated carbocycles. The van der Waals surface area contributed by atoms with Crippen LogP contribution in [-0.2, 0) is 4.79 Å². The third-order valence-corrected chi connectivity index (χ3v) is 4.42. The first-order valence-corrected chi connectivity index (χ1v) is 8.49. The summed E-state index contributed by atoms with van der Waals surface area (Å²) in [5, 5.41) is 5.52. The number of carbonyl (C=O) groups is 2. The van der Waals surface area contributed by atoms with Gasteiger partial charge in [-0.15, -0.1) is 6.42 Å². The monoisotopic (exact) mass is 345 g/mol. The summed E-state index contributed by atoms with van der Waals surface area (Å²) in [6.07, 6.45) is 6.88. The third kappa shape index (κ3) is 5.57. The van der Waals surface area contributed by atoms with Crippen molar-refractivity contribution >= 4 is 11.8 Å². The minimum absolute atomic E-state index is 0.00378. The third-order valence-electron chi connectivity index (χ3n) is 4.42. The lowest BCUT2D eigenvalue weighted by molar-refractivity contribution is -0.126. The van der Waals surface area contributed by atoms with E-state index in [4.69, 9.17) is 6.42 Å². The van der Waals surface area contributed by atoms with Gasteiger partial charge >= 0.3 is 0 Å². The Bertz CT molecular complexity index is 661. The van der Waals surface area contributed by atoms with E-state index in [1.165, 1.54) is 6.07 Å². The van der Waals surface area contributed by atoms with Crippen molar-refractivity contribution in [1.29, 1.82) is 0 Å². The average molecular weight is 345 g/mol. The van der Waals surface area contributed by atoms with Gasteiger partial charge in [-0.1, -0.05) is 12.0 Å². The molecule has 2 amide bonds. The van der Waals surface area contributed by atoms with Crippen molar-refractivity contribution in [3.63, 3.8) is 0 Å². The van der Waals surface area contributed by atoms with Crippen LogP contribution in [-0.4, -0.2) is 49.4 Å². The fourth-order valence-electron chi connectivity index (χ4n) is 2.82. The van der Waals surface area contributed by atoms with Crippen LogP contribution >= 0.6 is 0 Å². The first-order chi connectivity index (χ1) is 12.0. The van der Waals surface area contributed by atoms with E-state index in [1.807, 2.05) is 0 Å². The fourth-order valence-corrected chi connectivity index (χ4v) is 2.82. The van der Waals surface area contributed by atoms with Gasteiger partial charge in [0, 0.05) is 24.6 Å². The van der Waals surface area contributed by atoms with Crippen molar-refractivity contribution in [2.24, 2.45) is 5.92 Å². The van der Waals surface area contributed by atoms with Crippen LogP contribution in [0, 0.1) is 31.0 Å². The first kappa shape index (κ1) is 18.9. The number of benzene rings is 1. The summed E-state index contributed by atoms with van der Waals surface area (Å²) in [6, 6.07) is 4.36. The van der Waals surface area contributed by atoms with Gasteiger partial charge in [0.05, 0.1) is 6.54 Å². The van der Waals surface area contributed by atoms with Crippen molar-refractivity contribution in [3.05, 3.63) is 35.1 Å². The van der Waals surface area contributed by atoms with E-state index < -0.39 is 5.82 Å². The molecule has 1 aromatic rings. The number of carbonyl (C=O) groups excluding carboxylic acids is 2. The van der Waals surface area contributed by atoms with Crippen LogP contribution in [0.2, 0.25) is 0 Å². The topological polar surface area (TPSA) is 61.4 Å². The van der Waals surface area contributed by atoms with Gasteiger partial charge in [0.25, 0.3) is 5.91 Å². The predicted octanol–water partition coefficient (Wildman–Crippen LogP) is 1.33. The van der Waals surface area contributed by atoms with Crippen LogP contribution in [0.25, 0.3) is 0 Å². The Labute approximate surface area is 148 Å². The molecule has 2 rings (SSSR count). The lowest BCUT2D eigenvalue weighted by atomic mass is 9.96. The summed E-state index contributed by atoms with van der Waals surface area (Å²) in [5.74, 6) is 1.87. The van der Waals surface area contributed by atoms with Crippen LogP contribution in [0.4, 0.5) is 4.39 Å². The molecule has 6 heteroatoms. The summed E-state index contributed by atoms with van der Waals surface area (Å²) >= 11 is 0. The van der Waals surface area contributed by atoms with E-state index in [1.54, 1.807) is 19.1 Å². The highest BCUT2D eigenvalue weighted by molar-refractivity contribution is 5.94. The van der Waals surface area contributed by atoms with Gasteiger partial charge < -0.3 is 10.6 Å². The molecular weight excluding hydrogens is 321 g/mol. The molecule has 0 radical (unpaired) electrons. The van der Waals surface area contributed by atoms with Crippen LogP contribution in [0.5, 0.6) is 0 Å². The quantitative estimate of drug-likeness (QED) is 0.604. The molecular formula is C19H24FN3O2. The number of amides is 2. The number of hydrogen-bond acceptors (Lipinski definition) is 3. The number of likely N-dealkylation sites (tertiary alicyclic amines) is 1. The number of terminal acetylenes is 1. The van der Waals surface area contributed by atoms with Gasteiger partial charge in [-0.3, -0.25) is 14.5 Å². The minimum Gasteiger partial charge on any atom is -0.354 e. The molecule has 0 atom stereocenters. The van der Waals surface area contributed by atoms with Gasteiger partial charge in [-0.05, 0) is 50.6 Å². The Balaban J connectivity index is 1.67. The summed E-state index contributed by atoms with van der Waals surface area (Å²) in [6.45, 7) is 4.58. The fraction of sp³-hybridized carbons (Fsp3) is 0.474. The molecule has 0 aliphatic carbocycles. The Morgan fingerprint density at radius 3 is 2.60 bits per heavy atom. The van der Waals surface area contributed by atoms with Crippen LogP contribution < -0.4 is 10.6 Å². The molecule has 1 aliphatic rings. The van der Waals surface area contributed by atoms with Gasteiger partial charge in [-0.2, -0.15) is 0 Å². The molecule has 0 bridgehead atoms. The highest BCUT2D eigenvalue weighted by Crippen LogP contribution is 2.16. The Hall–Kier alpha value is -2.39. The number of nitrogens with one attached hydrogen (secondary N) is 2. The smallest absolute Gasteiger partial charge is 0.251 e. The van der Waals surface area contributed by atoms with Crippen molar-refractivity contribution < 1.29 is 14.0 Å². The standard InChI is InChI=1S/C19H24FN3O2/c1-3-10-23-11-6-15(7-12-23)18(24)21-8-9-22-19(25)16-5-4-14(2)17(20)13-16/h1,4-5,13,15H,6-12H2,2H3,(H,21,24)(H,22,25). The number of aryl methyl sites for hydroxylation is 1. The maximum Gasteiger partial charge on any atom is 0.251 e. The van der Waals surface area contributed by atoms with Crippen molar-refractivity contribution in [3.8, 4) is 12.3 Å². The van der Waals surface area contributed by atoms with Crippen LogP contribution in [0.3, 0.4) is 0 Å². The summed E-state index contributed by atoms with van der Waals surface area (Å²) in [4.78, 5) is 26.2. The number of hydrogen-bond donors (Lipinski definition) is 2. The molecule has 1 fully saturated rings. The van der Waals surface area contributed by atoms with E-state index in [0.29, 0.717) is 25.2 Å². The zero-order chi connectivity index (χ0) is 18.2. The van der Waals surface area contributed by atoms with Crippen molar-refractivity contribution in [2.45, 2.75) is 19.8 Å². The highest BCUT2D eigenvalue weighted by Gasteiger charge is 2.24. The molecule has 0 unspecified atom stereocenters. The summed E-state index contributed by atoms with van der Waals surface area (Å²) in [7, 11) is 0. The Morgan fingerprint density at radius 1 is 1.28 bits per heavy atom. The van der Waals surface area contributed by atoms with Crippen LogP contribution in [0.1, 0.15) is 28.8 Å².